The van der Waals surface area contributed by atoms with Crippen LogP contribution >= 0.6 is 0 Å². The van der Waals surface area contributed by atoms with Crippen molar-refractivity contribution in [3.63, 3.8) is 0 Å². The molecule has 2 aliphatic rings. The summed E-state index contributed by atoms with van der Waals surface area (Å²) >= 11 is 0. The molecule has 1 aliphatic carbocycles. The number of benzene rings is 1. The molecule has 1 heterocycles. The molecule has 1 aliphatic heterocycles. The molecule has 2 unspecified atom stereocenters. The van der Waals surface area contributed by atoms with Crippen LogP contribution in [0.15, 0.2) is 24.3 Å². The van der Waals surface area contributed by atoms with Gasteiger partial charge in [0, 0.05) is 31.7 Å². The zero-order chi connectivity index (χ0) is 14.7. The van der Waals surface area contributed by atoms with Crippen LogP contribution in [0.25, 0.3) is 0 Å². The number of hydrogen-bond acceptors (Lipinski definition) is 3. The minimum atomic E-state index is 0.523. The first-order valence-electron chi connectivity index (χ1n) is 8.35. The number of hydrogen-bond donors (Lipinski definition) is 1. The lowest BCUT2D eigenvalue weighted by Crippen LogP contribution is -2.45. The van der Waals surface area contributed by atoms with E-state index < -0.39 is 0 Å². The van der Waals surface area contributed by atoms with Crippen LogP contribution < -0.4 is 5.32 Å². The Bertz CT molecular complexity index is 435. The first kappa shape index (κ1) is 15.0. The Morgan fingerprint density at radius 3 is 2.48 bits per heavy atom. The van der Waals surface area contributed by atoms with E-state index in [1.165, 1.54) is 24.0 Å². The average Bonchev–Trinajstić information content (AvgIpc) is 3.31. The normalized spacial score (nSPS) is 23.0. The van der Waals surface area contributed by atoms with Crippen molar-refractivity contribution in [2.24, 2.45) is 5.92 Å². The monoisotopic (exact) mass is 288 g/mol. The van der Waals surface area contributed by atoms with Crippen molar-refractivity contribution in [2.45, 2.75) is 38.8 Å². The van der Waals surface area contributed by atoms with E-state index in [9.17, 15) is 0 Å². The maximum absolute atomic E-state index is 5.43. The molecule has 3 rings (SSSR count). The molecule has 0 radical (unpaired) electrons. The zero-order valence-electron chi connectivity index (χ0n) is 13.3. The van der Waals surface area contributed by atoms with Crippen molar-refractivity contribution in [3.8, 4) is 0 Å². The number of ether oxygens (including phenoxy) is 1. The van der Waals surface area contributed by atoms with Crippen LogP contribution in [0.1, 0.15) is 36.9 Å². The maximum Gasteiger partial charge on any atom is 0.0594 e. The topological polar surface area (TPSA) is 24.5 Å². The molecule has 3 heteroatoms. The van der Waals surface area contributed by atoms with E-state index in [4.69, 9.17) is 4.74 Å². The van der Waals surface area contributed by atoms with Gasteiger partial charge in [0.05, 0.1) is 13.2 Å². The van der Waals surface area contributed by atoms with Gasteiger partial charge in [0.2, 0.25) is 0 Å². The smallest absolute Gasteiger partial charge is 0.0594 e. The van der Waals surface area contributed by atoms with Gasteiger partial charge in [-0.15, -0.1) is 0 Å². The van der Waals surface area contributed by atoms with E-state index in [1.54, 1.807) is 0 Å². The second-order valence-electron chi connectivity index (χ2n) is 6.71. The van der Waals surface area contributed by atoms with Gasteiger partial charge in [0.15, 0.2) is 0 Å². The molecule has 3 nitrogen and oxygen atoms in total. The van der Waals surface area contributed by atoms with E-state index in [2.05, 4.69) is 48.3 Å². The van der Waals surface area contributed by atoms with Crippen LogP contribution in [-0.2, 0) is 4.74 Å². The summed E-state index contributed by atoms with van der Waals surface area (Å²) in [5.74, 6) is 0.833. The van der Waals surface area contributed by atoms with Gasteiger partial charge in [0.25, 0.3) is 0 Å². The van der Waals surface area contributed by atoms with Crippen molar-refractivity contribution >= 4 is 0 Å². The number of rotatable bonds is 6. The molecule has 1 aromatic rings. The molecule has 1 N–H and O–H groups in total. The lowest BCUT2D eigenvalue weighted by Gasteiger charge is -2.31. The average molecular weight is 288 g/mol. The predicted octanol–water partition coefficient (Wildman–Crippen LogP) is 2.76. The molecule has 0 bridgehead atoms. The first-order chi connectivity index (χ1) is 10.2. The van der Waals surface area contributed by atoms with E-state index >= 15 is 0 Å². The molecule has 2 fully saturated rings. The van der Waals surface area contributed by atoms with Crippen LogP contribution in [0.4, 0.5) is 0 Å². The third kappa shape index (κ3) is 4.29. The van der Waals surface area contributed by atoms with Gasteiger partial charge < -0.3 is 10.1 Å². The van der Waals surface area contributed by atoms with Crippen LogP contribution in [0, 0.1) is 12.8 Å². The molecule has 21 heavy (non-hydrogen) atoms. The van der Waals surface area contributed by atoms with E-state index in [0.29, 0.717) is 12.1 Å². The molecular weight excluding hydrogens is 260 g/mol. The summed E-state index contributed by atoms with van der Waals surface area (Å²) in [6.07, 6.45) is 2.74. The second kappa shape index (κ2) is 6.91. The minimum absolute atomic E-state index is 0.523. The molecule has 2 atom stereocenters. The Kier molecular flexibility index (Phi) is 4.94. The fourth-order valence-corrected chi connectivity index (χ4v) is 3.24. The number of nitrogens with zero attached hydrogens (tertiary/aromatic N) is 1. The van der Waals surface area contributed by atoms with Crippen molar-refractivity contribution in [1.82, 2.24) is 10.2 Å². The predicted molar refractivity (Wildman–Crippen MR) is 86.5 cm³/mol. The summed E-state index contributed by atoms with van der Waals surface area (Å²) in [6, 6.07) is 10.1. The highest BCUT2D eigenvalue weighted by Crippen LogP contribution is 2.41. The Balaban J connectivity index is 1.58. The summed E-state index contributed by atoms with van der Waals surface area (Å²) in [5.41, 5.74) is 2.80. The van der Waals surface area contributed by atoms with Crippen LogP contribution in [0.2, 0.25) is 0 Å². The van der Waals surface area contributed by atoms with Crippen LogP contribution in [0.3, 0.4) is 0 Å². The molecule has 0 spiro atoms. The summed E-state index contributed by atoms with van der Waals surface area (Å²) in [6.45, 7) is 9.52. The highest BCUT2D eigenvalue weighted by molar-refractivity contribution is 5.25. The van der Waals surface area contributed by atoms with E-state index in [-0.39, 0.29) is 0 Å². The van der Waals surface area contributed by atoms with Gasteiger partial charge in [-0.25, -0.2) is 0 Å². The SMILES string of the molecule is Cc1ccc(C(NC(C)CN2CCOCC2)C2CC2)cc1. The van der Waals surface area contributed by atoms with Gasteiger partial charge in [-0.3, -0.25) is 4.90 Å². The van der Waals surface area contributed by atoms with Gasteiger partial charge in [-0.05, 0) is 38.2 Å². The molecule has 1 saturated heterocycles. The van der Waals surface area contributed by atoms with Crippen LogP contribution in [0.5, 0.6) is 0 Å². The Hall–Kier alpha value is -0.900. The quantitative estimate of drug-likeness (QED) is 0.871. The largest absolute Gasteiger partial charge is 0.379 e. The zero-order valence-corrected chi connectivity index (χ0v) is 13.3. The summed E-state index contributed by atoms with van der Waals surface area (Å²) in [4.78, 5) is 2.51. The van der Waals surface area contributed by atoms with E-state index in [0.717, 1.165) is 38.8 Å². The van der Waals surface area contributed by atoms with Gasteiger partial charge >= 0.3 is 0 Å². The highest BCUT2D eigenvalue weighted by Gasteiger charge is 2.33. The maximum atomic E-state index is 5.43. The van der Waals surface area contributed by atoms with Crippen molar-refractivity contribution < 1.29 is 4.74 Å². The molecule has 0 aromatic heterocycles. The summed E-state index contributed by atoms with van der Waals surface area (Å²) in [7, 11) is 0. The number of aryl methyl sites for hydroxylation is 1. The fraction of sp³-hybridized carbons (Fsp3) is 0.667. The molecular formula is C18H28N2O. The fourth-order valence-electron chi connectivity index (χ4n) is 3.24. The van der Waals surface area contributed by atoms with Crippen molar-refractivity contribution in [3.05, 3.63) is 35.4 Å². The summed E-state index contributed by atoms with van der Waals surface area (Å²) < 4.78 is 5.43. The van der Waals surface area contributed by atoms with Crippen molar-refractivity contribution in [1.29, 1.82) is 0 Å². The second-order valence-corrected chi connectivity index (χ2v) is 6.71. The Morgan fingerprint density at radius 2 is 1.86 bits per heavy atom. The third-order valence-corrected chi connectivity index (χ3v) is 4.63. The van der Waals surface area contributed by atoms with Gasteiger partial charge in [-0.2, -0.15) is 0 Å². The van der Waals surface area contributed by atoms with Gasteiger partial charge in [0.1, 0.15) is 0 Å². The minimum Gasteiger partial charge on any atom is -0.379 e. The third-order valence-electron chi connectivity index (χ3n) is 4.63. The lowest BCUT2D eigenvalue weighted by molar-refractivity contribution is 0.0337. The number of morpholine rings is 1. The van der Waals surface area contributed by atoms with E-state index in [1.807, 2.05) is 0 Å². The molecule has 1 saturated carbocycles. The lowest BCUT2D eigenvalue weighted by atomic mass is 10.00. The van der Waals surface area contributed by atoms with Gasteiger partial charge in [-0.1, -0.05) is 29.8 Å². The first-order valence-corrected chi connectivity index (χ1v) is 8.35. The standard InChI is InChI=1S/C18H28N2O/c1-14-3-5-16(6-4-14)18(17-7-8-17)19-15(2)13-20-9-11-21-12-10-20/h3-6,15,17-19H,7-13H2,1-2H3. The number of nitrogens with one attached hydrogen (secondary N) is 1. The Morgan fingerprint density at radius 1 is 1.19 bits per heavy atom. The molecule has 1 aromatic carbocycles. The Labute approximate surface area is 128 Å². The van der Waals surface area contributed by atoms with Crippen molar-refractivity contribution in [2.75, 3.05) is 32.8 Å². The summed E-state index contributed by atoms with van der Waals surface area (Å²) in [5, 5.41) is 3.88. The molecule has 0 amide bonds. The van der Waals surface area contributed by atoms with Crippen LogP contribution in [-0.4, -0.2) is 43.8 Å². The highest BCUT2D eigenvalue weighted by atomic mass is 16.5. The molecule has 116 valence electrons.